The van der Waals surface area contributed by atoms with Crippen LogP contribution in [-0.4, -0.2) is 53.0 Å². The number of fused-ring (bicyclic) bond motifs is 1. The summed E-state index contributed by atoms with van der Waals surface area (Å²) in [6, 6.07) is 27.4. The van der Waals surface area contributed by atoms with Crippen LogP contribution < -0.4 is 9.47 Å². The maximum atomic E-state index is 5.97. The first-order valence-corrected chi connectivity index (χ1v) is 11.6. The zero-order valence-electron chi connectivity index (χ0n) is 18.8. The molecule has 0 radical (unpaired) electrons. The van der Waals surface area contributed by atoms with E-state index < -0.39 is 0 Å². The molecule has 1 fully saturated rings. The lowest BCUT2D eigenvalue weighted by Crippen LogP contribution is -2.47. The molecule has 0 atom stereocenters. The summed E-state index contributed by atoms with van der Waals surface area (Å²) >= 11 is 0. The molecule has 172 valence electrons. The molecule has 3 heterocycles. The molecule has 3 aromatic carbocycles. The van der Waals surface area contributed by atoms with Crippen molar-refractivity contribution in [2.75, 3.05) is 33.0 Å². The fraction of sp³-hybridized carbons (Fsp3) is 0.259. The summed E-state index contributed by atoms with van der Waals surface area (Å²) in [6.45, 7) is 4.72. The van der Waals surface area contributed by atoms with Crippen LogP contribution in [0.1, 0.15) is 23.1 Å². The van der Waals surface area contributed by atoms with Crippen LogP contribution in [0.5, 0.6) is 11.5 Å². The van der Waals surface area contributed by atoms with Crippen molar-refractivity contribution in [3.63, 3.8) is 0 Å². The third kappa shape index (κ3) is 4.27. The van der Waals surface area contributed by atoms with Crippen LogP contribution in [0.4, 0.5) is 0 Å². The molecule has 0 bridgehead atoms. The zero-order chi connectivity index (χ0) is 22.7. The predicted molar refractivity (Wildman–Crippen MR) is 127 cm³/mol. The first kappa shape index (κ1) is 20.9. The number of nitrogens with zero attached hydrogens (tertiary/aromatic N) is 4. The van der Waals surface area contributed by atoms with Crippen LogP contribution in [-0.2, 0) is 6.54 Å². The number of hydrogen-bond donors (Lipinski definition) is 0. The van der Waals surface area contributed by atoms with Gasteiger partial charge in [0.25, 0.3) is 0 Å². The average molecular weight is 455 g/mol. The molecule has 1 aromatic heterocycles. The molecular formula is C27H26N4O3. The van der Waals surface area contributed by atoms with Gasteiger partial charge in [-0.3, -0.25) is 9.80 Å². The second-order valence-electron chi connectivity index (χ2n) is 8.61. The Labute approximate surface area is 198 Å². The normalized spacial score (nSPS) is 16.3. The number of aromatic nitrogens is 2. The highest BCUT2D eigenvalue weighted by atomic mass is 16.7. The van der Waals surface area contributed by atoms with Crippen molar-refractivity contribution in [3.8, 4) is 23.0 Å². The minimum Gasteiger partial charge on any atom is -0.454 e. The van der Waals surface area contributed by atoms with E-state index >= 15 is 0 Å². The SMILES string of the molecule is c1ccc(C(c2ccccc2)N2CCN(Cc3nnc(-c4ccc5c(c4)OCO5)o3)CC2)cc1. The van der Waals surface area contributed by atoms with E-state index in [9.17, 15) is 0 Å². The fourth-order valence-electron chi connectivity index (χ4n) is 4.72. The van der Waals surface area contributed by atoms with Gasteiger partial charge >= 0.3 is 0 Å². The van der Waals surface area contributed by atoms with E-state index in [1.807, 2.05) is 18.2 Å². The Morgan fingerprint density at radius 2 is 1.41 bits per heavy atom. The highest BCUT2D eigenvalue weighted by molar-refractivity contribution is 5.60. The highest BCUT2D eigenvalue weighted by Gasteiger charge is 2.27. The molecular weight excluding hydrogens is 428 g/mol. The Balaban J connectivity index is 1.12. The van der Waals surface area contributed by atoms with Gasteiger partial charge in [0, 0.05) is 31.7 Å². The molecule has 2 aliphatic heterocycles. The second-order valence-corrected chi connectivity index (χ2v) is 8.61. The molecule has 0 amide bonds. The van der Waals surface area contributed by atoms with Crippen molar-refractivity contribution in [1.82, 2.24) is 20.0 Å². The monoisotopic (exact) mass is 454 g/mol. The minimum atomic E-state index is 0.245. The lowest BCUT2D eigenvalue weighted by Gasteiger charge is -2.39. The Kier molecular flexibility index (Phi) is 5.71. The molecule has 7 nitrogen and oxygen atoms in total. The van der Waals surface area contributed by atoms with Gasteiger partial charge in [0.1, 0.15) is 0 Å². The van der Waals surface area contributed by atoms with Crippen LogP contribution in [0.3, 0.4) is 0 Å². The van der Waals surface area contributed by atoms with Crippen molar-refractivity contribution in [2.24, 2.45) is 0 Å². The second kappa shape index (κ2) is 9.29. The first-order chi connectivity index (χ1) is 16.8. The Hall–Kier alpha value is -3.68. The molecule has 0 unspecified atom stereocenters. The minimum absolute atomic E-state index is 0.245. The summed E-state index contributed by atoms with van der Waals surface area (Å²) in [5, 5.41) is 8.54. The van der Waals surface area contributed by atoms with Gasteiger partial charge in [-0.15, -0.1) is 10.2 Å². The zero-order valence-corrected chi connectivity index (χ0v) is 18.8. The maximum absolute atomic E-state index is 5.97. The quantitative estimate of drug-likeness (QED) is 0.429. The predicted octanol–water partition coefficient (Wildman–Crippen LogP) is 4.37. The topological polar surface area (TPSA) is 63.9 Å². The average Bonchev–Trinajstić information content (AvgIpc) is 3.56. The van der Waals surface area contributed by atoms with Crippen molar-refractivity contribution < 1.29 is 13.9 Å². The van der Waals surface area contributed by atoms with Gasteiger partial charge in [0.15, 0.2) is 11.5 Å². The third-order valence-electron chi connectivity index (χ3n) is 6.45. The number of ether oxygens (including phenoxy) is 2. The van der Waals surface area contributed by atoms with E-state index in [-0.39, 0.29) is 12.8 Å². The smallest absolute Gasteiger partial charge is 0.247 e. The fourth-order valence-corrected chi connectivity index (χ4v) is 4.72. The summed E-state index contributed by atoms with van der Waals surface area (Å²) in [6.07, 6.45) is 0. The van der Waals surface area contributed by atoms with Crippen molar-refractivity contribution in [2.45, 2.75) is 12.6 Å². The van der Waals surface area contributed by atoms with Gasteiger partial charge in [0.05, 0.1) is 12.6 Å². The van der Waals surface area contributed by atoms with Crippen molar-refractivity contribution >= 4 is 0 Å². The molecule has 4 aromatic rings. The maximum Gasteiger partial charge on any atom is 0.247 e. The van der Waals surface area contributed by atoms with Crippen LogP contribution in [0.25, 0.3) is 11.5 Å². The summed E-state index contributed by atoms with van der Waals surface area (Å²) in [4.78, 5) is 4.94. The standard InChI is InChI=1S/C27H26N4O3/c1-3-7-20(8-4-1)26(21-9-5-2-6-10-21)31-15-13-30(14-16-31)18-25-28-29-27(34-25)22-11-12-23-24(17-22)33-19-32-23/h1-12,17,26H,13-16,18-19H2. The molecule has 7 heteroatoms. The lowest BCUT2D eigenvalue weighted by molar-refractivity contribution is 0.0986. The van der Waals surface area contributed by atoms with Gasteiger partial charge in [-0.1, -0.05) is 60.7 Å². The highest BCUT2D eigenvalue weighted by Crippen LogP contribution is 2.35. The van der Waals surface area contributed by atoms with Crippen LogP contribution in [0.15, 0.2) is 83.3 Å². The van der Waals surface area contributed by atoms with E-state index in [2.05, 4.69) is 80.7 Å². The molecule has 34 heavy (non-hydrogen) atoms. The number of rotatable bonds is 6. The van der Waals surface area contributed by atoms with E-state index in [0.717, 1.165) is 37.5 Å². The molecule has 0 saturated carbocycles. The first-order valence-electron chi connectivity index (χ1n) is 11.6. The molecule has 1 saturated heterocycles. The van der Waals surface area contributed by atoms with Gasteiger partial charge in [0.2, 0.25) is 18.6 Å². The largest absolute Gasteiger partial charge is 0.454 e. The van der Waals surface area contributed by atoms with Crippen molar-refractivity contribution in [1.29, 1.82) is 0 Å². The molecule has 2 aliphatic rings. The molecule has 6 rings (SSSR count). The molecule has 0 spiro atoms. The Morgan fingerprint density at radius 3 is 2.12 bits per heavy atom. The molecule has 0 aliphatic carbocycles. The lowest BCUT2D eigenvalue weighted by atomic mass is 9.96. The summed E-state index contributed by atoms with van der Waals surface area (Å²) in [5.41, 5.74) is 3.49. The van der Waals surface area contributed by atoms with Crippen LogP contribution in [0, 0.1) is 0 Å². The summed E-state index contributed by atoms with van der Waals surface area (Å²) in [7, 11) is 0. The summed E-state index contributed by atoms with van der Waals surface area (Å²) in [5.74, 6) is 2.58. The van der Waals surface area contributed by atoms with Gasteiger partial charge in [-0.2, -0.15) is 0 Å². The third-order valence-corrected chi connectivity index (χ3v) is 6.45. The van der Waals surface area contributed by atoms with E-state index in [4.69, 9.17) is 13.9 Å². The number of piperazine rings is 1. The van der Waals surface area contributed by atoms with Crippen LogP contribution in [0.2, 0.25) is 0 Å². The number of benzene rings is 3. The number of hydrogen-bond acceptors (Lipinski definition) is 7. The Morgan fingerprint density at radius 1 is 0.735 bits per heavy atom. The van der Waals surface area contributed by atoms with Gasteiger partial charge in [-0.25, -0.2) is 0 Å². The van der Waals surface area contributed by atoms with Crippen molar-refractivity contribution in [3.05, 3.63) is 95.9 Å². The van der Waals surface area contributed by atoms with E-state index in [0.29, 0.717) is 24.1 Å². The van der Waals surface area contributed by atoms with E-state index in [1.54, 1.807) is 0 Å². The molecule has 0 N–H and O–H groups in total. The van der Waals surface area contributed by atoms with E-state index in [1.165, 1.54) is 11.1 Å². The Bertz CT molecular complexity index is 1200. The summed E-state index contributed by atoms with van der Waals surface area (Å²) < 4.78 is 16.8. The van der Waals surface area contributed by atoms with Crippen LogP contribution >= 0.6 is 0 Å². The van der Waals surface area contributed by atoms with Gasteiger partial charge in [-0.05, 0) is 29.3 Å². The van der Waals surface area contributed by atoms with Gasteiger partial charge < -0.3 is 13.9 Å².